The molecule has 2 N–H and O–H groups in total. The van der Waals surface area contributed by atoms with Crippen LogP contribution < -0.4 is 4.74 Å². The van der Waals surface area contributed by atoms with E-state index in [-0.39, 0.29) is 19.3 Å². The Kier molecular flexibility index (Phi) is 14.4. The molecule has 0 aromatic heterocycles. The highest BCUT2D eigenvalue weighted by Gasteiger charge is 2.14. The summed E-state index contributed by atoms with van der Waals surface area (Å²) in [5, 5.41) is 2.27. The number of ether oxygens (including phenoxy) is 4. The third-order valence-electron chi connectivity index (χ3n) is 5.21. The third kappa shape index (κ3) is 12.8. The lowest BCUT2D eigenvalue weighted by atomic mass is 10.1. The average Bonchev–Trinajstić information content (AvgIpc) is 2.81. The molecule has 0 heterocycles. The molecule has 0 bridgehead atoms. The van der Waals surface area contributed by atoms with Gasteiger partial charge in [-0.2, -0.15) is 0 Å². The molecule has 34 heavy (non-hydrogen) atoms. The molecule has 2 aromatic rings. The molecule has 0 fully saturated rings. The maximum Gasteiger partial charge on any atom is 0.469 e. The SMILES string of the molecule is CCCCCCCC(COCCOCCOCCOP(=O)(O)O)Oc1cccc2ccccc12. The van der Waals surface area contributed by atoms with Gasteiger partial charge in [-0.1, -0.05) is 69.0 Å². The number of phosphoric ester groups is 1. The maximum absolute atomic E-state index is 10.5. The number of benzene rings is 2. The molecule has 2 aromatic carbocycles. The van der Waals surface area contributed by atoms with Gasteiger partial charge in [-0.3, -0.25) is 4.52 Å². The number of phosphoric acid groups is 1. The molecule has 0 aliphatic carbocycles. The van der Waals surface area contributed by atoms with Gasteiger partial charge in [0.25, 0.3) is 0 Å². The highest BCUT2D eigenvalue weighted by atomic mass is 31.2. The molecule has 9 heteroatoms. The Bertz CT molecular complexity index is 835. The van der Waals surface area contributed by atoms with E-state index < -0.39 is 7.82 Å². The molecular weight excluding hydrogens is 459 g/mol. The lowest BCUT2D eigenvalue weighted by molar-refractivity contribution is -0.00935. The number of hydrogen-bond acceptors (Lipinski definition) is 6. The largest absolute Gasteiger partial charge is 0.487 e. The lowest BCUT2D eigenvalue weighted by Crippen LogP contribution is -2.24. The van der Waals surface area contributed by atoms with Crippen LogP contribution in [0.1, 0.15) is 45.4 Å². The van der Waals surface area contributed by atoms with Crippen LogP contribution in [-0.2, 0) is 23.3 Å². The van der Waals surface area contributed by atoms with Crippen LogP contribution in [0.5, 0.6) is 5.75 Å². The summed E-state index contributed by atoms with van der Waals surface area (Å²) < 4.78 is 37.7. The van der Waals surface area contributed by atoms with Crippen LogP contribution in [0.15, 0.2) is 42.5 Å². The molecule has 0 amide bonds. The third-order valence-corrected chi connectivity index (χ3v) is 5.73. The van der Waals surface area contributed by atoms with E-state index in [1.165, 1.54) is 25.7 Å². The zero-order valence-electron chi connectivity index (χ0n) is 20.1. The Hall–Kier alpha value is -1.51. The minimum absolute atomic E-state index is 0.0233. The van der Waals surface area contributed by atoms with Crippen molar-refractivity contribution >= 4 is 18.6 Å². The molecule has 1 atom stereocenters. The molecule has 192 valence electrons. The van der Waals surface area contributed by atoms with Crippen LogP contribution in [0.3, 0.4) is 0 Å². The summed E-state index contributed by atoms with van der Waals surface area (Å²) in [4.78, 5) is 17.2. The van der Waals surface area contributed by atoms with Gasteiger partial charge in [-0.15, -0.1) is 0 Å². The minimum Gasteiger partial charge on any atom is -0.487 e. The van der Waals surface area contributed by atoms with Gasteiger partial charge in [0.2, 0.25) is 0 Å². The summed E-state index contributed by atoms with van der Waals surface area (Å²) in [6.45, 7) is 4.21. The molecule has 0 radical (unpaired) electrons. The van der Waals surface area contributed by atoms with Crippen molar-refractivity contribution in [1.82, 2.24) is 0 Å². The summed E-state index contributed by atoms with van der Waals surface area (Å²) in [6, 6.07) is 14.3. The summed E-state index contributed by atoms with van der Waals surface area (Å²) in [5.74, 6) is 0.886. The number of fused-ring (bicyclic) bond motifs is 1. The summed E-state index contributed by atoms with van der Waals surface area (Å²) in [5.41, 5.74) is 0. The second-order valence-electron chi connectivity index (χ2n) is 8.04. The molecule has 1 unspecified atom stereocenters. The molecule has 0 aliphatic heterocycles. The van der Waals surface area contributed by atoms with E-state index in [9.17, 15) is 4.57 Å². The fraction of sp³-hybridized carbons (Fsp3) is 0.600. The van der Waals surface area contributed by atoms with Gasteiger partial charge >= 0.3 is 7.82 Å². The predicted molar refractivity (Wildman–Crippen MR) is 132 cm³/mol. The van der Waals surface area contributed by atoms with Crippen molar-refractivity contribution in [3.8, 4) is 5.75 Å². The molecule has 8 nitrogen and oxygen atoms in total. The average molecular weight is 499 g/mol. The summed E-state index contributed by atoms with van der Waals surface area (Å²) in [7, 11) is -4.43. The Morgan fingerprint density at radius 1 is 0.794 bits per heavy atom. The first kappa shape index (κ1) is 28.7. The van der Waals surface area contributed by atoms with Gasteiger partial charge in [0, 0.05) is 5.39 Å². The Labute approximate surface area is 202 Å². The maximum atomic E-state index is 10.5. The zero-order valence-corrected chi connectivity index (χ0v) is 21.0. The van der Waals surface area contributed by atoms with Gasteiger partial charge in [-0.05, 0) is 24.3 Å². The van der Waals surface area contributed by atoms with Crippen molar-refractivity contribution in [1.29, 1.82) is 0 Å². The summed E-state index contributed by atoms with van der Waals surface area (Å²) >= 11 is 0. The van der Waals surface area contributed by atoms with Gasteiger partial charge in [-0.25, -0.2) is 4.57 Å². The van der Waals surface area contributed by atoms with E-state index in [0.29, 0.717) is 33.0 Å². The van der Waals surface area contributed by atoms with Crippen molar-refractivity contribution in [3.05, 3.63) is 42.5 Å². The smallest absolute Gasteiger partial charge is 0.469 e. The van der Waals surface area contributed by atoms with Crippen molar-refractivity contribution in [2.75, 3.05) is 46.2 Å². The fourth-order valence-corrected chi connectivity index (χ4v) is 3.81. The van der Waals surface area contributed by atoms with Crippen molar-refractivity contribution in [2.45, 2.75) is 51.6 Å². The van der Waals surface area contributed by atoms with E-state index in [4.69, 9.17) is 28.7 Å². The molecule has 0 spiro atoms. The molecule has 0 saturated heterocycles. The minimum atomic E-state index is -4.43. The lowest BCUT2D eigenvalue weighted by Gasteiger charge is -2.20. The summed E-state index contributed by atoms with van der Waals surface area (Å²) in [6.07, 6.45) is 6.97. The predicted octanol–water partition coefficient (Wildman–Crippen LogP) is 5.11. The molecule has 0 saturated carbocycles. The fourth-order valence-electron chi connectivity index (χ4n) is 3.50. The monoisotopic (exact) mass is 498 g/mol. The van der Waals surface area contributed by atoms with E-state index in [0.717, 1.165) is 29.4 Å². The second kappa shape index (κ2) is 17.0. The van der Waals surface area contributed by atoms with Gasteiger partial charge < -0.3 is 28.7 Å². The van der Waals surface area contributed by atoms with Crippen LogP contribution in [0, 0.1) is 0 Å². The van der Waals surface area contributed by atoms with E-state index in [1.807, 2.05) is 24.3 Å². The quantitative estimate of drug-likeness (QED) is 0.192. The van der Waals surface area contributed by atoms with Gasteiger partial charge in [0.15, 0.2) is 0 Å². The normalized spacial score (nSPS) is 12.8. The van der Waals surface area contributed by atoms with Gasteiger partial charge in [0.1, 0.15) is 11.9 Å². The topological polar surface area (TPSA) is 104 Å². The Morgan fingerprint density at radius 2 is 1.44 bits per heavy atom. The molecule has 0 aliphatic rings. The number of hydrogen-bond donors (Lipinski definition) is 2. The van der Waals surface area contributed by atoms with Crippen LogP contribution >= 0.6 is 7.82 Å². The highest BCUT2D eigenvalue weighted by Crippen LogP contribution is 2.35. The number of unbranched alkanes of at least 4 members (excludes halogenated alkanes) is 4. The first-order valence-corrected chi connectivity index (χ1v) is 13.6. The zero-order chi connectivity index (χ0) is 24.5. The van der Waals surface area contributed by atoms with Crippen molar-refractivity contribution in [3.63, 3.8) is 0 Å². The molecular formula is C25H39O8P. The molecule has 2 rings (SSSR count). The van der Waals surface area contributed by atoms with Crippen molar-refractivity contribution < 1.29 is 37.8 Å². The van der Waals surface area contributed by atoms with Crippen LogP contribution in [0.2, 0.25) is 0 Å². The Morgan fingerprint density at radius 3 is 2.18 bits per heavy atom. The van der Waals surface area contributed by atoms with Crippen LogP contribution in [-0.4, -0.2) is 62.1 Å². The second-order valence-corrected chi connectivity index (χ2v) is 9.28. The van der Waals surface area contributed by atoms with Crippen LogP contribution in [0.25, 0.3) is 10.8 Å². The van der Waals surface area contributed by atoms with E-state index >= 15 is 0 Å². The van der Waals surface area contributed by atoms with Crippen LogP contribution in [0.4, 0.5) is 0 Å². The highest BCUT2D eigenvalue weighted by molar-refractivity contribution is 7.46. The van der Waals surface area contributed by atoms with Gasteiger partial charge in [0.05, 0.1) is 46.2 Å². The number of rotatable bonds is 20. The van der Waals surface area contributed by atoms with E-state index in [1.54, 1.807) is 0 Å². The Balaban J connectivity index is 1.68. The first-order valence-electron chi connectivity index (χ1n) is 12.1. The first-order chi connectivity index (χ1) is 16.5. The van der Waals surface area contributed by atoms with Crippen molar-refractivity contribution in [2.24, 2.45) is 0 Å². The van der Waals surface area contributed by atoms with E-state index in [2.05, 4.69) is 29.6 Å². The standard InChI is InChI=1S/C25H39O8P/c1-2-3-4-5-6-12-23(33-25-14-9-11-22-10-7-8-13-24(22)25)21-31-18-17-29-15-16-30-19-20-32-34(26,27)28/h7-11,13-14,23H,2-6,12,15-21H2,1H3,(H2,26,27,28).